The Hall–Kier alpha value is -0.690. The first-order chi connectivity index (χ1) is 10.7. The Labute approximate surface area is 132 Å². The van der Waals surface area contributed by atoms with Crippen molar-refractivity contribution in [3.05, 3.63) is 0 Å². The molecular weight excluding hydrogens is 282 g/mol. The maximum atomic E-state index is 12.6. The topological polar surface area (TPSA) is 68.0 Å². The van der Waals surface area contributed by atoms with Crippen LogP contribution in [0.15, 0.2) is 0 Å². The molecule has 0 aromatic rings. The van der Waals surface area contributed by atoms with Crippen LogP contribution in [0.3, 0.4) is 0 Å². The third-order valence-corrected chi connectivity index (χ3v) is 5.28. The zero-order valence-corrected chi connectivity index (χ0v) is 13.4. The lowest BCUT2D eigenvalue weighted by Gasteiger charge is -2.38. The van der Waals surface area contributed by atoms with E-state index < -0.39 is 0 Å². The van der Waals surface area contributed by atoms with E-state index in [0.717, 1.165) is 72.0 Å². The van der Waals surface area contributed by atoms with Crippen LogP contribution >= 0.6 is 0 Å². The predicted octanol–water partition coefficient (Wildman–Crippen LogP) is -0.0790. The van der Waals surface area contributed by atoms with Crippen molar-refractivity contribution in [3.8, 4) is 0 Å². The van der Waals surface area contributed by atoms with Crippen molar-refractivity contribution in [1.82, 2.24) is 9.80 Å². The Kier molecular flexibility index (Phi) is 5.68. The highest BCUT2D eigenvalue weighted by Gasteiger charge is 2.32. The molecule has 3 heterocycles. The monoisotopic (exact) mass is 311 g/mol. The number of amides is 1. The average Bonchev–Trinajstić information content (AvgIpc) is 3.08. The van der Waals surface area contributed by atoms with Crippen LogP contribution in [-0.2, 0) is 14.3 Å². The Balaban J connectivity index is 1.42. The second-order valence-electron chi connectivity index (χ2n) is 6.83. The molecule has 6 nitrogen and oxygen atoms in total. The number of carbonyl (C=O) groups excluding carboxylic acids is 1. The molecular formula is C16H29N3O3. The molecule has 0 aliphatic carbocycles. The van der Waals surface area contributed by atoms with E-state index in [-0.39, 0.29) is 17.9 Å². The van der Waals surface area contributed by atoms with E-state index in [1.807, 2.05) is 4.90 Å². The number of carbonyl (C=O) groups is 1. The van der Waals surface area contributed by atoms with Gasteiger partial charge in [0, 0.05) is 52.5 Å². The van der Waals surface area contributed by atoms with Crippen molar-refractivity contribution in [1.29, 1.82) is 0 Å². The molecule has 0 saturated carbocycles. The molecule has 3 rings (SSSR count). The van der Waals surface area contributed by atoms with Crippen LogP contribution in [-0.4, -0.2) is 80.9 Å². The minimum atomic E-state index is -0.348. The van der Waals surface area contributed by atoms with Crippen LogP contribution in [0.1, 0.15) is 19.3 Å². The van der Waals surface area contributed by atoms with E-state index in [9.17, 15) is 4.79 Å². The summed E-state index contributed by atoms with van der Waals surface area (Å²) >= 11 is 0. The molecule has 0 aromatic carbocycles. The highest BCUT2D eigenvalue weighted by atomic mass is 16.5. The molecule has 6 heteroatoms. The third-order valence-electron chi connectivity index (χ3n) is 5.28. The molecule has 0 aromatic heterocycles. The first kappa shape index (κ1) is 16.2. The van der Waals surface area contributed by atoms with E-state index >= 15 is 0 Å². The Morgan fingerprint density at radius 2 is 1.73 bits per heavy atom. The lowest BCUT2D eigenvalue weighted by molar-refractivity contribution is -0.136. The molecule has 1 amide bonds. The van der Waals surface area contributed by atoms with E-state index in [2.05, 4.69) is 4.90 Å². The fourth-order valence-electron chi connectivity index (χ4n) is 3.73. The van der Waals surface area contributed by atoms with Gasteiger partial charge in [0.15, 0.2) is 0 Å². The lowest BCUT2D eigenvalue weighted by atomic mass is 9.91. The van der Waals surface area contributed by atoms with E-state index in [0.29, 0.717) is 5.92 Å². The molecule has 3 aliphatic rings. The number of hydrogen-bond acceptors (Lipinski definition) is 5. The highest BCUT2D eigenvalue weighted by Crippen LogP contribution is 2.20. The molecule has 3 fully saturated rings. The van der Waals surface area contributed by atoms with Crippen LogP contribution in [0.4, 0.5) is 0 Å². The van der Waals surface area contributed by atoms with Gasteiger partial charge in [-0.05, 0) is 31.1 Å². The maximum absolute atomic E-state index is 12.6. The standard InChI is InChI=1S/C16H29N3O3/c17-15(14-2-9-21-10-3-14)16(20)19-6-4-18(5-7-19)11-13-1-8-22-12-13/h13-15H,1-12,17H2. The summed E-state index contributed by atoms with van der Waals surface area (Å²) in [6, 6.07) is -0.348. The van der Waals surface area contributed by atoms with Crippen LogP contribution in [0.5, 0.6) is 0 Å². The van der Waals surface area contributed by atoms with Crippen LogP contribution in [0.2, 0.25) is 0 Å². The number of nitrogens with zero attached hydrogens (tertiary/aromatic N) is 2. The van der Waals surface area contributed by atoms with Gasteiger partial charge < -0.3 is 20.1 Å². The summed E-state index contributed by atoms with van der Waals surface area (Å²) in [6.07, 6.45) is 3.00. The fourth-order valence-corrected chi connectivity index (χ4v) is 3.73. The van der Waals surface area contributed by atoms with E-state index in [1.165, 1.54) is 6.42 Å². The van der Waals surface area contributed by atoms with Crippen LogP contribution in [0.25, 0.3) is 0 Å². The van der Waals surface area contributed by atoms with Crippen LogP contribution < -0.4 is 5.73 Å². The normalized spacial score (nSPS) is 29.7. The first-order valence-corrected chi connectivity index (χ1v) is 8.66. The van der Waals surface area contributed by atoms with Gasteiger partial charge in [0.05, 0.1) is 12.6 Å². The van der Waals surface area contributed by atoms with Crippen molar-refractivity contribution < 1.29 is 14.3 Å². The van der Waals surface area contributed by atoms with Gasteiger partial charge in [-0.3, -0.25) is 9.69 Å². The van der Waals surface area contributed by atoms with Crippen molar-refractivity contribution in [2.45, 2.75) is 25.3 Å². The SMILES string of the molecule is NC(C(=O)N1CCN(CC2CCOC2)CC1)C1CCOCC1. The number of nitrogens with two attached hydrogens (primary N) is 1. The smallest absolute Gasteiger partial charge is 0.239 e. The molecule has 0 bridgehead atoms. The van der Waals surface area contributed by atoms with Gasteiger partial charge in [-0.25, -0.2) is 0 Å². The van der Waals surface area contributed by atoms with Gasteiger partial charge in [-0.1, -0.05) is 0 Å². The lowest BCUT2D eigenvalue weighted by Crippen LogP contribution is -2.55. The van der Waals surface area contributed by atoms with Gasteiger partial charge in [-0.2, -0.15) is 0 Å². The minimum Gasteiger partial charge on any atom is -0.381 e. The maximum Gasteiger partial charge on any atom is 0.239 e. The highest BCUT2D eigenvalue weighted by molar-refractivity contribution is 5.82. The minimum absolute atomic E-state index is 0.135. The van der Waals surface area contributed by atoms with Crippen LogP contribution in [0, 0.1) is 11.8 Å². The van der Waals surface area contributed by atoms with E-state index in [1.54, 1.807) is 0 Å². The molecule has 2 unspecified atom stereocenters. The van der Waals surface area contributed by atoms with Gasteiger partial charge in [-0.15, -0.1) is 0 Å². The fraction of sp³-hybridized carbons (Fsp3) is 0.938. The summed E-state index contributed by atoms with van der Waals surface area (Å²) < 4.78 is 10.8. The average molecular weight is 311 g/mol. The van der Waals surface area contributed by atoms with E-state index in [4.69, 9.17) is 15.2 Å². The number of rotatable bonds is 4. The number of piperazine rings is 1. The molecule has 22 heavy (non-hydrogen) atoms. The summed E-state index contributed by atoms with van der Waals surface area (Å²) in [5.74, 6) is 1.09. The zero-order chi connectivity index (χ0) is 15.4. The molecule has 0 radical (unpaired) electrons. The predicted molar refractivity (Wildman–Crippen MR) is 83.5 cm³/mol. The first-order valence-electron chi connectivity index (χ1n) is 8.66. The Bertz CT molecular complexity index is 360. The summed E-state index contributed by atoms with van der Waals surface area (Å²) in [7, 11) is 0. The van der Waals surface area contributed by atoms with Crippen molar-refractivity contribution in [2.75, 3.05) is 59.2 Å². The zero-order valence-electron chi connectivity index (χ0n) is 13.4. The summed E-state index contributed by atoms with van der Waals surface area (Å²) in [6.45, 7) is 7.93. The molecule has 3 saturated heterocycles. The second-order valence-corrected chi connectivity index (χ2v) is 6.83. The summed E-state index contributed by atoms with van der Waals surface area (Å²) in [4.78, 5) is 17.0. The Morgan fingerprint density at radius 3 is 2.36 bits per heavy atom. The van der Waals surface area contributed by atoms with Crippen molar-refractivity contribution in [2.24, 2.45) is 17.6 Å². The molecule has 2 N–H and O–H groups in total. The van der Waals surface area contributed by atoms with Gasteiger partial charge in [0.25, 0.3) is 0 Å². The molecule has 2 atom stereocenters. The Morgan fingerprint density at radius 1 is 1.05 bits per heavy atom. The van der Waals surface area contributed by atoms with Gasteiger partial charge >= 0.3 is 0 Å². The van der Waals surface area contributed by atoms with Gasteiger partial charge in [0.2, 0.25) is 5.91 Å². The van der Waals surface area contributed by atoms with Crippen molar-refractivity contribution in [3.63, 3.8) is 0 Å². The third kappa shape index (κ3) is 3.98. The van der Waals surface area contributed by atoms with Gasteiger partial charge in [0.1, 0.15) is 0 Å². The number of hydrogen-bond donors (Lipinski definition) is 1. The molecule has 0 spiro atoms. The quantitative estimate of drug-likeness (QED) is 0.787. The number of ether oxygens (including phenoxy) is 2. The summed E-state index contributed by atoms with van der Waals surface area (Å²) in [5.41, 5.74) is 6.21. The molecule has 126 valence electrons. The van der Waals surface area contributed by atoms with Crippen molar-refractivity contribution >= 4 is 5.91 Å². The second kappa shape index (κ2) is 7.73. The molecule has 3 aliphatic heterocycles. The largest absolute Gasteiger partial charge is 0.381 e. The summed E-state index contributed by atoms with van der Waals surface area (Å²) in [5, 5.41) is 0.